The van der Waals surface area contributed by atoms with Crippen LogP contribution in [0.25, 0.3) is 0 Å². The van der Waals surface area contributed by atoms with Crippen molar-refractivity contribution < 1.29 is 19.4 Å². The maximum atomic E-state index is 11.9. The lowest BCUT2D eigenvalue weighted by atomic mass is 10.1. The van der Waals surface area contributed by atoms with Gasteiger partial charge in [0.1, 0.15) is 5.75 Å². The average molecular weight is 263 g/mol. The zero-order chi connectivity index (χ0) is 14.0. The summed E-state index contributed by atoms with van der Waals surface area (Å²) >= 11 is 0. The van der Waals surface area contributed by atoms with Crippen LogP contribution in [0, 0.1) is 11.3 Å². The van der Waals surface area contributed by atoms with Gasteiger partial charge >= 0.3 is 5.97 Å². The molecule has 1 fully saturated rings. The summed E-state index contributed by atoms with van der Waals surface area (Å²) in [4.78, 5) is 22.3. The summed E-state index contributed by atoms with van der Waals surface area (Å²) in [5.74, 6) is -0.555. The lowest BCUT2D eigenvalue weighted by Gasteiger charge is -2.08. The standard InChI is InChI=1S/C14H17NO4/c1-14(2)7-11(14)13(18)15-9-4-3-5-10(6-9)19-8-12(16)17/h3-6,11H,7-8H2,1-2H3,(H,15,18)(H,16,17)/t11-/m1/s1. The molecule has 0 heterocycles. The number of aliphatic carboxylic acids is 1. The number of amides is 1. The Labute approximate surface area is 111 Å². The molecule has 5 heteroatoms. The van der Waals surface area contributed by atoms with Crippen LogP contribution in [0.15, 0.2) is 24.3 Å². The molecule has 1 amide bonds. The number of hydrogen-bond acceptors (Lipinski definition) is 3. The third-order valence-electron chi connectivity index (χ3n) is 3.29. The minimum Gasteiger partial charge on any atom is -0.482 e. The quantitative estimate of drug-likeness (QED) is 0.853. The van der Waals surface area contributed by atoms with Gasteiger partial charge in [-0.2, -0.15) is 0 Å². The number of ether oxygens (including phenoxy) is 1. The Bertz CT molecular complexity index is 510. The van der Waals surface area contributed by atoms with E-state index in [4.69, 9.17) is 9.84 Å². The smallest absolute Gasteiger partial charge is 0.341 e. The van der Waals surface area contributed by atoms with E-state index in [1.165, 1.54) is 0 Å². The second-order valence-electron chi connectivity index (χ2n) is 5.44. The topological polar surface area (TPSA) is 75.6 Å². The molecule has 0 spiro atoms. The van der Waals surface area contributed by atoms with Crippen molar-refractivity contribution >= 4 is 17.6 Å². The molecule has 0 saturated heterocycles. The fourth-order valence-corrected chi connectivity index (χ4v) is 1.95. The van der Waals surface area contributed by atoms with Gasteiger partial charge in [0, 0.05) is 17.7 Å². The van der Waals surface area contributed by atoms with E-state index in [-0.39, 0.29) is 17.2 Å². The summed E-state index contributed by atoms with van der Waals surface area (Å²) in [5.41, 5.74) is 0.706. The highest BCUT2D eigenvalue weighted by atomic mass is 16.5. The van der Waals surface area contributed by atoms with Gasteiger partial charge in [0.25, 0.3) is 0 Å². The fourth-order valence-electron chi connectivity index (χ4n) is 1.95. The maximum Gasteiger partial charge on any atom is 0.341 e. The Hall–Kier alpha value is -2.04. The first-order valence-corrected chi connectivity index (χ1v) is 6.14. The van der Waals surface area contributed by atoms with E-state index in [1.54, 1.807) is 24.3 Å². The zero-order valence-electron chi connectivity index (χ0n) is 11.0. The highest BCUT2D eigenvalue weighted by molar-refractivity contribution is 5.95. The van der Waals surface area contributed by atoms with Gasteiger partial charge in [0.05, 0.1) is 0 Å². The predicted octanol–water partition coefficient (Wildman–Crippen LogP) is 2.13. The molecule has 102 valence electrons. The van der Waals surface area contributed by atoms with Crippen molar-refractivity contribution in [1.29, 1.82) is 0 Å². The SMILES string of the molecule is CC1(C)C[C@@H]1C(=O)Nc1cccc(OCC(=O)O)c1. The monoisotopic (exact) mass is 263 g/mol. The number of carboxylic acid groups (broad SMARTS) is 1. The molecule has 0 unspecified atom stereocenters. The Kier molecular flexibility index (Phi) is 3.46. The van der Waals surface area contributed by atoms with Crippen LogP contribution in [0.3, 0.4) is 0 Å². The predicted molar refractivity (Wildman–Crippen MR) is 70.1 cm³/mol. The lowest BCUT2D eigenvalue weighted by Crippen LogP contribution is -2.16. The molecule has 0 radical (unpaired) electrons. The molecular weight excluding hydrogens is 246 g/mol. The summed E-state index contributed by atoms with van der Waals surface area (Å²) in [6, 6.07) is 6.74. The van der Waals surface area contributed by atoms with Gasteiger partial charge < -0.3 is 15.2 Å². The number of carbonyl (C=O) groups is 2. The van der Waals surface area contributed by atoms with Crippen molar-refractivity contribution in [3.05, 3.63) is 24.3 Å². The van der Waals surface area contributed by atoms with E-state index in [1.807, 2.05) is 0 Å². The first-order valence-electron chi connectivity index (χ1n) is 6.14. The Morgan fingerprint density at radius 1 is 1.47 bits per heavy atom. The Morgan fingerprint density at radius 2 is 2.16 bits per heavy atom. The maximum absolute atomic E-state index is 11.9. The Balaban J connectivity index is 1.95. The summed E-state index contributed by atoms with van der Waals surface area (Å²) in [6.07, 6.45) is 0.897. The largest absolute Gasteiger partial charge is 0.482 e. The normalized spacial score (nSPS) is 19.6. The van der Waals surface area contributed by atoms with Crippen LogP contribution in [-0.4, -0.2) is 23.6 Å². The van der Waals surface area contributed by atoms with Crippen LogP contribution in [-0.2, 0) is 9.59 Å². The lowest BCUT2D eigenvalue weighted by molar-refractivity contribution is -0.139. The van der Waals surface area contributed by atoms with E-state index in [2.05, 4.69) is 19.2 Å². The third-order valence-corrected chi connectivity index (χ3v) is 3.29. The van der Waals surface area contributed by atoms with Gasteiger partial charge in [-0.1, -0.05) is 19.9 Å². The summed E-state index contributed by atoms with van der Waals surface area (Å²) in [7, 11) is 0. The molecule has 0 bridgehead atoms. The molecule has 0 aromatic heterocycles. The van der Waals surface area contributed by atoms with E-state index >= 15 is 0 Å². The Morgan fingerprint density at radius 3 is 2.74 bits per heavy atom. The second-order valence-corrected chi connectivity index (χ2v) is 5.44. The van der Waals surface area contributed by atoms with E-state index < -0.39 is 12.6 Å². The van der Waals surface area contributed by atoms with Crippen molar-refractivity contribution in [2.75, 3.05) is 11.9 Å². The number of anilines is 1. The number of rotatable bonds is 5. The molecule has 2 N–H and O–H groups in total. The minimum atomic E-state index is -1.03. The second kappa shape index (κ2) is 4.91. The molecule has 2 rings (SSSR count). The molecule has 0 aliphatic heterocycles. The number of carbonyl (C=O) groups excluding carboxylic acids is 1. The van der Waals surface area contributed by atoms with Gasteiger partial charge in [0.2, 0.25) is 5.91 Å². The van der Waals surface area contributed by atoms with Crippen LogP contribution in [0.4, 0.5) is 5.69 Å². The van der Waals surface area contributed by atoms with Crippen LogP contribution in [0.1, 0.15) is 20.3 Å². The molecular formula is C14H17NO4. The van der Waals surface area contributed by atoms with Gasteiger partial charge in [-0.05, 0) is 24.0 Å². The highest BCUT2D eigenvalue weighted by Crippen LogP contribution is 2.52. The van der Waals surface area contributed by atoms with E-state index in [9.17, 15) is 9.59 Å². The van der Waals surface area contributed by atoms with Crippen molar-refractivity contribution in [2.24, 2.45) is 11.3 Å². The molecule has 1 saturated carbocycles. The number of nitrogens with one attached hydrogen (secondary N) is 1. The summed E-state index contributed by atoms with van der Waals surface area (Å²) in [6.45, 7) is 3.72. The van der Waals surface area contributed by atoms with E-state index in [0.717, 1.165) is 6.42 Å². The molecule has 1 aromatic rings. The van der Waals surface area contributed by atoms with Crippen LogP contribution in [0.2, 0.25) is 0 Å². The van der Waals surface area contributed by atoms with Crippen molar-refractivity contribution in [2.45, 2.75) is 20.3 Å². The average Bonchev–Trinajstić information content (AvgIpc) is 2.96. The zero-order valence-corrected chi connectivity index (χ0v) is 11.0. The van der Waals surface area contributed by atoms with Gasteiger partial charge in [-0.15, -0.1) is 0 Å². The molecule has 1 aromatic carbocycles. The molecule has 1 aliphatic rings. The van der Waals surface area contributed by atoms with E-state index in [0.29, 0.717) is 11.4 Å². The highest BCUT2D eigenvalue weighted by Gasteiger charge is 2.50. The fraction of sp³-hybridized carbons (Fsp3) is 0.429. The number of carboxylic acids is 1. The van der Waals surface area contributed by atoms with Gasteiger partial charge in [-0.3, -0.25) is 4.79 Å². The number of benzene rings is 1. The molecule has 1 atom stereocenters. The molecule has 5 nitrogen and oxygen atoms in total. The van der Waals surface area contributed by atoms with Crippen molar-refractivity contribution in [3.63, 3.8) is 0 Å². The first kappa shape index (κ1) is 13.4. The summed E-state index contributed by atoms with van der Waals surface area (Å²) < 4.78 is 5.06. The molecule has 19 heavy (non-hydrogen) atoms. The van der Waals surface area contributed by atoms with Crippen LogP contribution >= 0.6 is 0 Å². The summed E-state index contributed by atoms with van der Waals surface area (Å²) in [5, 5.41) is 11.4. The minimum absolute atomic E-state index is 0.000356. The van der Waals surface area contributed by atoms with Crippen molar-refractivity contribution in [1.82, 2.24) is 0 Å². The molecule has 1 aliphatic carbocycles. The first-order chi connectivity index (χ1) is 8.88. The third kappa shape index (κ3) is 3.47. The number of hydrogen-bond donors (Lipinski definition) is 2. The van der Waals surface area contributed by atoms with Gasteiger partial charge in [-0.25, -0.2) is 4.79 Å². The van der Waals surface area contributed by atoms with Gasteiger partial charge in [0.15, 0.2) is 6.61 Å². The van der Waals surface area contributed by atoms with Crippen LogP contribution in [0.5, 0.6) is 5.75 Å². The van der Waals surface area contributed by atoms with Crippen LogP contribution < -0.4 is 10.1 Å². The van der Waals surface area contributed by atoms with Crippen molar-refractivity contribution in [3.8, 4) is 5.75 Å².